The van der Waals surface area contributed by atoms with Crippen molar-refractivity contribution in [1.29, 1.82) is 0 Å². The highest BCUT2D eigenvalue weighted by Gasteiger charge is 2.16. The third-order valence-electron chi connectivity index (χ3n) is 3.86. The van der Waals surface area contributed by atoms with Gasteiger partial charge in [0, 0.05) is 11.6 Å². The Hall–Kier alpha value is -2.91. The molecule has 2 aromatic rings. The Kier molecular flexibility index (Phi) is 7.35. The van der Waals surface area contributed by atoms with Gasteiger partial charge in [0.1, 0.15) is 5.75 Å². The highest BCUT2D eigenvalue weighted by Crippen LogP contribution is 2.24. The molecule has 0 aromatic heterocycles. The molecule has 0 aliphatic rings. The Bertz CT molecular complexity index is 986. The summed E-state index contributed by atoms with van der Waals surface area (Å²) in [7, 11) is -2.13. The summed E-state index contributed by atoms with van der Waals surface area (Å²) in [6.45, 7) is 5.08. The molecule has 0 atom stereocenters. The molecule has 0 saturated carbocycles. The maximum absolute atomic E-state index is 12.2. The lowest BCUT2D eigenvalue weighted by atomic mass is 10.2. The normalized spacial score (nSPS) is 11.2. The Morgan fingerprint density at radius 3 is 2.31 bits per heavy atom. The molecule has 0 aliphatic carbocycles. The third-order valence-corrected chi connectivity index (χ3v) is 5.53. The van der Waals surface area contributed by atoms with Crippen LogP contribution >= 0.6 is 0 Å². The number of carbonyl (C=O) groups is 2. The number of nitrogens with one attached hydrogen (secondary N) is 3. The number of amides is 2. The van der Waals surface area contributed by atoms with Crippen LogP contribution in [0, 0.1) is 6.92 Å². The van der Waals surface area contributed by atoms with Crippen molar-refractivity contribution in [3.63, 3.8) is 0 Å². The second-order valence-corrected chi connectivity index (χ2v) is 8.45. The maximum Gasteiger partial charge on any atom is 0.251 e. The molecule has 9 heteroatoms. The van der Waals surface area contributed by atoms with Crippen molar-refractivity contribution in [2.45, 2.75) is 31.7 Å². The summed E-state index contributed by atoms with van der Waals surface area (Å²) in [5, 5.41) is 5.19. The summed E-state index contributed by atoms with van der Waals surface area (Å²) < 4.78 is 31.9. The average Bonchev–Trinajstić information content (AvgIpc) is 2.65. The van der Waals surface area contributed by atoms with Crippen molar-refractivity contribution in [3.8, 4) is 5.75 Å². The number of anilines is 1. The Labute approximate surface area is 170 Å². The Morgan fingerprint density at radius 2 is 1.72 bits per heavy atom. The summed E-state index contributed by atoms with van der Waals surface area (Å²) in [6, 6.07) is 10.6. The number of ether oxygens (including phenoxy) is 1. The Morgan fingerprint density at radius 1 is 1.07 bits per heavy atom. The molecule has 0 aliphatic heterocycles. The highest BCUT2D eigenvalue weighted by molar-refractivity contribution is 7.89. The minimum absolute atomic E-state index is 0.0621. The molecule has 2 rings (SSSR count). The van der Waals surface area contributed by atoms with E-state index < -0.39 is 21.8 Å². The van der Waals surface area contributed by atoms with E-state index >= 15 is 0 Å². The number of aryl methyl sites for hydroxylation is 1. The molecule has 0 radical (unpaired) electrons. The summed E-state index contributed by atoms with van der Waals surface area (Å²) in [6.07, 6.45) is 0. The van der Waals surface area contributed by atoms with Crippen LogP contribution in [0.25, 0.3) is 0 Å². The maximum atomic E-state index is 12.2. The van der Waals surface area contributed by atoms with Gasteiger partial charge in [0.15, 0.2) is 0 Å². The monoisotopic (exact) mass is 419 g/mol. The molecule has 0 unspecified atom stereocenters. The van der Waals surface area contributed by atoms with Crippen LogP contribution in [0.2, 0.25) is 0 Å². The van der Waals surface area contributed by atoms with Crippen LogP contribution in [0.15, 0.2) is 47.4 Å². The zero-order valence-electron chi connectivity index (χ0n) is 16.8. The molecular formula is C20H25N3O5S. The van der Waals surface area contributed by atoms with Gasteiger partial charge < -0.3 is 15.4 Å². The Balaban J connectivity index is 1.97. The second kappa shape index (κ2) is 9.53. The van der Waals surface area contributed by atoms with Crippen molar-refractivity contribution in [2.24, 2.45) is 0 Å². The molecule has 0 saturated heterocycles. The molecule has 29 heavy (non-hydrogen) atoms. The number of sulfonamides is 1. The standard InChI is InChI=1S/C20H25N3O5S/c1-13(2)23-29(26,27)16-8-6-15(7-9-16)20(25)21-12-19(24)22-17-11-14(3)5-10-18(17)28-4/h5-11,13,23H,12H2,1-4H3,(H,21,25)(H,22,24). The lowest BCUT2D eigenvalue weighted by Crippen LogP contribution is -2.33. The molecule has 2 aromatic carbocycles. The van der Waals surface area contributed by atoms with Gasteiger partial charge in [0.25, 0.3) is 5.91 Å². The van der Waals surface area contributed by atoms with Gasteiger partial charge >= 0.3 is 0 Å². The fourth-order valence-electron chi connectivity index (χ4n) is 2.54. The van der Waals surface area contributed by atoms with E-state index in [2.05, 4.69) is 15.4 Å². The fourth-order valence-corrected chi connectivity index (χ4v) is 3.79. The number of hydrogen-bond acceptors (Lipinski definition) is 5. The number of benzene rings is 2. The molecule has 3 N–H and O–H groups in total. The highest BCUT2D eigenvalue weighted by atomic mass is 32.2. The molecule has 0 heterocycles. The van der Waals surface area contributed by atoms with E-state index in [-0.39, 0.29) is 23.0 Å². The van der Waals surface area contributed by atoms with Crippen molar-refractivity contribution in [3.05, 3.63) is 53.6 Å². The minimum atomic E-state index is -3.63. The van der Waals surface area contributed by atoms with Crippen LogP contribution in [-0.2, 0) is 14.8 Å². The molecule has 2 amide bonds. The molecule has 0 bridgehead atoms. The topological polar surface area (TPSA) is 114 Å². The van der Waals surface area contributed by atoms with Gasteiger partial charge in [-0.3, -0.25) is 9.59 Å². The summed E-state index contributed by atoms with van der Waals surface area (Å²) in [5.41, 5.74) is 1.71. The zero-order chi connectivity index (χ0) is 21.6. The predicted molar refractivity (Wildman–Crippen MR) is 111 cm³/mol. The van der Waals surface area contributed by atoms with Gasteiger partial charge in [-0.25, -0.2) is 13.1 Å². The van der Waals surface area contributed by atoms with E-state index in [9.17, 15) is 18.0 Å². The first kappa shape index (κ1) is 22.4. The SMILES string of the molecule is COc1ccc(C)cc1NC(=O)CNC(=O)c1ccc(S(=O)(=O)NC(C)C)cc1. The van der Waals surface area contributed by atoms with Crippen LogP contribution in [-0.4, -0.2) is 39.9 Å². The van der Waals surface area contributed by atoms with Gasteiger partial charge in [-0.15, -0.1) is 0 Å². The van der Waals surface area contributed by atoms with Gasteiger partial charge in [0.2, 0.25) is 15.9 Å². The smallest absolute Gasteiger partial charge is 0.251 e. The van der Waals surface area contributed by atoms with Crippen molar-refractivity contribution < 1.29 is 22.7 Å². The predicted octanol–water partition coefficient (Wildman–Crippen LogP) is 2.06. The van der Waals surface area contributed by atoms with E-state index in [4.69, 9.17) is 4.74 Å². The first-order valence-corrected chi connectivity index (χ1v) is 10.5. The van der Waals surface area contributed by atoms with Crippen molar-refractivity contribution in [2.75, 3.05) is 19.0 Å². The van der Waals surface area contributed by atoms with Crippen molar-refractivity contribution in [1.82, 2.24) is 10.0 Å². The number of hydrogen-bond donors (Lipinski definition) is 3. The van der Waals surface area contributed by atoms with Crippen LogP contribution < -0.4 is 20.1 Å². The van der Waals surface area contributed by atoms with Crippen LogP contribution in [0.4, 0.5) is 5.69 Å². The summed E-state index contributed by atoms with van der Waals surface area (Å²) in [5.74, 6) is -0.387. The number of carbonyl (C=O) groups excluding carboxylic acids is 2. The largest absolute Gasteiger partial charge is 0.495 e. The van der Waals surface area contributed by atoms with E-state index in [0.29, 0.717) is 11.4 Å². The molecule has 0 spiro atoms. The van der Waals surface area contributed by atoms with Gasteiger partial charge in [-0.2, -0.15) is 0 Å². The summed E-state index contributed by atoms with van der Waals surface area (Å²) in [4.78, 5) is 24.4. The molecule has 156 valence electrons. The fraction of sp³-hybridized carbons (Fsp3) is 0.300. The van der Waals surface area contributed by atoms with E-state index in [0.717, 1.165) is 5.56 Å². The molecule has 8 nitrogen and oxygen atoms in total. The van der Waals surface area contributed by atoms with E-state index in [1.807, 2.05) is 13.0 Å². The minimum Gasteiger partial charge on any atom is -0.495 e. The van der Waals surface area contributed by atoms with Gasteiger partial charge in [-0.1, -0.05) is 6.07 Å². The van der Waals surface area contributed by atoms with Gasteiger partial charge in [-0.05, 0) is 62.7 Å². The van der Waals surface area contributed by atoms with Crippen molar-refractivity contribution >= 4 is 27.5 Å². The van der Waals surface area contributed by atoms with Crippen LogP contribution in [0.3, 0.4) is 0 Å². The van der Waals surface area contributed by atoms with E-state index in [1.54, 1.807) is 26.0 Å². The zero-order valence-corrected chi connectivity index (χ0v) is 17.6. The molecule has 0 fully saturated rings. The first-order chi connectivity index (χ1) is 13.6. The van der Waals surface area contributed by atoms with Crippen LogP contribution in [0.5, 0.6) is 5.75 Å². The van der Waals surface area contributed by atoms with Gasteiger partial charge in [0.05, 0.1) is 24.2 Å². The lowest BCUT2D eigenvalue weighted by molar-refractivity contribution is -0.115. The number of rotatable bonds is 8. The average molecular weight is 420 g/mol. The summed E-state index contributed by atoms with van der Waals surface area (Å²) >= 11 is 0. The van der Waals surface area contributed by atoms with E-state index in [1.165, 1.54) is 31.4 Å². The second-order valence-electron chi connectivity index (χ2n) is 6.73. The lowest BCUT2D eigenvalue weighted by Gasteiger charge is -2.12. The quantitative estimate of drug-likeness (QED) is 0.606. The first-order valence-electron chi connectivity index (χ1n) is 8.97. The van der Waals surface area contributed by atoms with Crippen LogP contribution in [0.1, 0.15) is 29.8 Å². The number of methoxy groups -OCH3 is 1. The molecular weight excluding hydrogens is 394 g/mol. The third kappa shape index (κ3) is 6.30.